The summed E-state index contributed by atoms with van der Waals surface area (Å²) in [7, 11) is 0. The molecule has 0 aliphatic heterocycles. The fraction of sp³-hybridized carbons (Fsp3) is 0.267. The Balaban J connectivity index is 2.68. The van der Waals surface area contributed by atoms with Crippen LogP contribution < -0.4 is 0 Å². The van der Waals surface area contributed by atoms with Crippen LogP contribution in [0.1, 0.15) is 40.4 Å². The van der Waals surface area contributed by atoms with Crippen LogP contribution in [-0.4, -0.2) is 28.1 Å². The van der Waals surface area contributed by atoms with Crippen molar-refractivity contribution in [1.29, 1.82) is 0 Å². The number of benzene rings is 1. The number of aromatic nitrogens is 2. The molecular weight excluding hydrogens is 327 g/mol. The highest BCUT2D eigenvalue weighted by Crippen LogP contribution is 2.27. The van der Waals surface area contributed by atoms with Gasteiger partial charge in [-0.05, 0) is 39.0 Å². The molecular formula is C15H14Cl2N2O3. The summed E-state index contributed by atoms with van der Waals surface area (Å²) in [6.07, 6.45) is 0. The lowest BCUT2D eigenvalue weighted by molar-refractivity contribution is 0.0516. The van der Waals surface area contributed by atoms with E-state index < -0.39 is 5.97 Å². The van der Waals surface area contributed by atoms with E-state index in [9.17, 15) is 9.59 Å². The quantitative estimate of drug-likeness (QED) is 0.626. The van der Waals surface area contributed by atoms with Crippen molar-refractivity contribution in [3.05, 3.63) is 45.2 Å². The molecule has 0 aliphatic rings. The van der Waals surface area contributed by atoms with Gasteiger partial charge in [-0.3, -0.25) is 4.79 Å². The molecule has 1 aromatic heterocycles. The molecule has 2 aromatic rings. The number of esters is 1. The van der Waals surface area contributed by atoms with E-state index in [1.807, 2.05) is 0 Å². The first-order valence-electron chi connectivity index (χ1n) is 6.59. The SMILES string of the molecule is CCOC(=O)c1nn(-c2cc(Cl)ccc2Cl)c(C)c1C(C)=O. The number of hydrogen-bond donors (Lipinski definition) is 0. The first kappa shape index (κ1) is 16.5. The van der Waals surface area contributed by atoms with Crippen LogP contribution in [0.3, 0.4) is 0 Å². The van der Waals surface area contributed by atoms with Gasteiger partial charge in [0.15, 0.2) is 11.5 Å². The summed E-state index contributed by atoms with van der Waals surface area (Å²) in [4.78, 5) is 23.9. The van der Waals surface area contributed by atoms with Gasteiger partial charge in [0, 0.05) is 5.02 Å². The molecule has 0 bridgehead atoms. The largest absolute Gasteiger partial charge is 0.461 e. The van der Waals surface area contributed by atoms with Crippen molar-refractivity contribution < 1.29 is 14.3 Å². The van der Waals surface area contributed by atoms with E-state index in [1.54, 1.807) is 32.0 Å². The smallest absolute Gasteiger partial charge is 0.359 e. The van der Waals surface area contributed by atoms with Crippen molar-refractivity contribution in [2.45, 2.75) is 20.8 Å². The van der Waals surface area contributed by atoms with E-state index in [1.165, 1.54) is 11.6 Å². The van der Waals surface area contributed by atoms with Crippen LogP contribution in [0.5, 0.6) is 0 Å². The summed E-state index contributed by atoms with van der Waals surface area (Å²) in [6, 6.07) is 4.88. The third-order valence-electron chi connectivity index (χ3n) is 3.07. The maximum atomic E-state index is 12.0. The molecule has 0 saturated carbocycles. The van der Waals surface area contributed by atoms with E-state index in [-0.39, 0.29) is 23.6 Å². The zero-order valence-electron chi connectivity index (χ0n) is 12.3. The Morgan fingerprint density at radius 2 is 2.00 bits per heavy atom. The Bertz CT molecular complexity index is 753. The standard InChI is InChI=1S/C15H14Cl2N2O3/c1-4-22-15(21)14-13(9(3)20)8(2)19(18-14)12-7-10(16)5-6-11(12)17/h5-7H,4H2,1-3H3. The highest BCUT2D eigenvalue weighted by Gasteiger charge is 2.25. The van der Waals surface area contributed by atoms with E-state index >= 15 is 0 Å². The van der Waals surface area contributed by atoms with Crippen LogP contribution >= 0.6 is 23.2 Å². The normalized spacial score (nSPS) is 10.6. The van der Waals surface area contributed by atoms with Crippen LogP contribution in [0, 0.1) is 6.92 Å². The summed E-state index contributed by atoms with van der Waals surface area (Å²) in [5.74, 6) is -0.919. The molecule has 0 fully saturated rings. The summed E-state index contributed by atoms with van der Waals surface area (Å²) >= 11 is 12.1. The number of carbonyl (C=O) groups excluding carboxylic acids is 2. The number of carbonyl (C=O) groups is 2. The molecule has 0 radical (unpaired) electrons. The van der Waals surface area contributed by atoms with Crippen LogP contribution in [0.4, 0.5) is 0 Å². The number of ether oxygens (including phenoxy) is 1. The first-order valence-corrected chi connectivity index (χ1v) is 7.35. The first-order chi connectivity index (χ1) is 10.4. The van der Waals surface area contributed by atoms with Gasteiger partial charge in [0.1, 0.15) is 0 Å². The van der Waals surface area contributed by atoms with Crippen LogP contribution in [0.15, 0.2) is 18.2 Å². The minimum atomic E-state index is -0.646. The zero-order valence-corrected chi connectivity index (χ0v) is 13.8. The third kappa shape index (κ3) is 3.00. The van der Waals surface area contributed by atoms with Gasteiger partial charge in [-0.15, -0.1) is 0 Å². The average molecular weight is 341 g/mol. The summed E-state index contributed by atoms with van der Waals surface area (Å²) in [5, 5.41) is 5.07. The Kier molecular flexibility index (Phi) is 4.88. The highest BCUT2D eigenvalue weighted by molar-refractivity contribution is 6.34. The van der Waals surface area contributed by atoms with Crippen molar-refractivity contribution in [1.82, 2.24) is 9.78 Å². The lowest BCUT2D eigenvalue weighted by Crippen LogP contribution is -2.10. The maximum Gasteiger partial charge on any atom is 0.359 e. The minimum Gasteiger partial charge on any atom is -0.461 e. The third-order valence-corrected chi connectivity index (χ3v) is 3.63. The topological polar surface area (TPSA) is 61.2 Å². The van der Waals surface area contributed by atoms with Crippen LogP contribution in [0.2, 0.25) is 10.0 Å². The number of ketones is 1. The van der Waals surface area contributed by atoms with Crippen molar-refractivity contribution >= 4 is 35.0 Å². The van der Waals surface area contributed by atoms with Gasteiger partial charge in [0.2, 0.25) is 0 Å². The van der Waals surface area contributed by atoms with Gasteiger partial charge in [-0.1, -0.05) is 23.2 Å². The molecule has 0 atom stereocenters. The Hall–Kier alpha value is -1.85. The van der Waals surface area contributed by atoms with Crippen molar-refractivity contribution in [3.8, 4) is 5.69 Å². The Morgan fingerprint density at radius 3 is 2.59 bits per heavy atom. The van der Waals surface area contributed by atoms with E-state index in [2.05, 4.69) is 5.10 Å². The van der Waals surface area contributed by atoms with Gasteiger partial charge < -0.3 is 4.74 Å². The average Bonchev–Trinajstić information content (AvgIpc) is 2.79. The lowest BCUT2D eigenvalue weighted by atomic mass is 10.1. The van der Waals surface area contributed by atoms with Crippen molar-refractivity contribution in [2.24, 2.45) is 0 Å². The van der Waals surface area contributed by atoms with Gasteiger partial charge >= 0.3 is 5.97 Å². The molecule has 0 aliphatic carbocycles. The van der Waals surface area contributed by atoms with Crippen molar-refractivity contribution in [2.75, 3.05) is 6.61 Å². The fourth-order valence-corrected chi connectivity index (χ4v) is 2.51. The molecule has 5 nitrogen and oxygen atoms in total. The molecule has 116 valence electrons. The molecule has 22 heavy (non-hydrogen) atoms. The van der Waals surface area contributed by atoms with Crippen LogP contribution in [-0.2, 0) is 4.74 Å². The molecule has 0 N–H and O–H groups in total. The number of hydrogen-bond acceptors (Lipinski definition) is 4. The van der Waals surface area contributed by atoms with E-state index in [0.29, 0.717) is 21.4 Å². The molecule has 1 aromatic carbocycles. The second-order valence-electron chi connectivity index (χ2n) is 4.59. The Labute approximate surface area is 137 Å². The second kappa shape index (κ2) is 6.50. The fourth-order valence-electron chi connectivity index (χ4n) is 2.15. The number of halogens is 2. The molecule has 7 heteroatoms. The molecule has 1 heterocycles. The molecule has 0 saturated heterocycles. The molecule has 0 spiro atoms. The van der Waals surface area contributed by atoms with Gasteiger partial charge in [0.25, 0.3) is 0 Å². The molecule has 0 amide bonds. The summed E-state index contributed by atoms with van der Waals surface area (Å²) < 4.78 is 6.38. The summed E-state index contributed by atoms with van der Waals surface area (Å²) in [6.45, 7) is 4.93. The van der Waals surface area contributed by atoms with Crippen LogP contribution in [0.25, 0.3) is 5.69 Å². The number of Topliss-reactive ketones (excluding diaryl/α,β-unsaturated/α-hetero) is 1. The maximum absolute atomic E-state index is 12.0. The Morgan fingerprint density at radius 1 is 1.32 bits per heavy atom. The highest BCUT2D eigenvalue weighted by atomic mass is 35.5. The second-order valence-corrected chi connectivity index (χ2v) is 5.44. The van der Waals surface area contributed by atoms with Gasteiger partial charge in [-0.25, -0.2) is 9.48 Å². The van der Waals surface area contributed by atoms with Gasteiger partial charge in [0.05, 0.1) is 28.6 Å². The molecule has 2 rings (SSSR count). The zero-order chi connectivity index (χ0) is 16.4. The lowest BCUT2D eigenvalue weighted by Gasteiger charge is -2.07. The van der Waals surface area contributed by atoms with Crippen molar-refractivity contribution in [3.63, 3.8) is 0 Å². The van der Waals surface area contributed by atoms with Gasteiger partial charge in [-0.2, -0.15) is 5.10 Å². The van der Waals surface area contributed by atoms with E-state index in [0.717, 1.165) is 0 Å². The number of nitrogens with zero attached hydrogens (tertiary/aromatic N) is 2. The minimum absolute atomic E-state index is 0.0251. The monoisotopic (exact) mass is 340 g/mol. The molecule has 0 unspecified atom stereocenters. The predicted octanol–water partition coefficient (Wildman–Crippen LogP) is 3.87. The summed E-state index contributed by atoms with van der Waals surface area (Å²) in [5.41, 5.74) is 1.18. The van der Waals surface area contributed by atoms with E-state index in [4.69, 9.17) is 27.9 Å². The number of rotatable bonds is 4. The predicted molar refractivity (Wildman–Crippen MR) is 84.3 cm³/mol.